The number of nitrogen functional groups attached to an aromatic ring is 1. The van der Waals surface area contributed by atoms with Crippen molar-refractivity contribution in [3.63, 3.8) is 0 Å². The smallest absolute Gasteiger partial charge is 0.257 e. The molecule has 1 aromatic carbocycles. The Morgan fingerprint density at radius 2 is 1.95 bits per heavy atom. The topological polar surface area (TPSA) is 68.0 Å². The number of amides is 1. The number of carbonyl (C=O) groups is 1. The van der Waals surface area contributed by atoms with Crippen LogP contribution in [0.2, 0.25) is 0 Å². The Morgan fingerprint density at radius 1 is 1.21 bits per heavy atom. The normalized spacial score (nSPS) is 10.3. The van der Waals surface area contributed by atoms with Crippen molar-refractivity contribution in [1.29, 1.82) is 0 Å². The summed E-state index contributed by atoms with van der Waals surface area (Å²) in [7, 11) is 0. The molecular formula is C14H14FN3O. The third kappa shape index (κ3) is 2.88. The molecule has 0 saturated carbocycles. The first-order valence-electron chi connectivity index (χ1n) is 5.76. The standard InChI is InChI=1S/C14H14FN3O/c1-8-4-13(9(2)3-12(8)16)18-14(19)10-5-11(15)7-17-6-10/h3-7H,16H2,1-2H3,(H,18,19). The number of anilines is 2. The monoisotopic (exact) mass is 259 g/mol. The van der Waals surface area contributed by atoms with Gasteiger partial charge in [0.1, 0.15) is 5.82 Å². The molecule has 98 valence electrons. The fourth-order valence-corrected chi connectivity index (χ4v) is 1.70. The minimum atomic E-state index is -0.544. The summed E-state index contributed by atoms with van der Waals surface area (Å²) in [6.07, 6.45) is 2.37. The number of halogens is 1. The molecule has 0 bridgehead atoms. The molecule has 2 aromatic rings. The second-order valence-corrected chi connectivity index (χ2v) is 4.37. The minimum absolute atomic E-state index is 0.175. The van der Waals surface area contributed by atoms with Crippen LogP contribution in [0.25, 0.3) is 0 Å². The van der Waals surface area contributed by atoms with Crippen LogP contribution < -0.4 is 11.1 Å². The Bertz CT molecular complexity index is 641. The summed E-state index contributed by atoms with van der Waals surface area (Å²) in [4.78, 5) is 15.6. The molecule has 0 saturated heterocycles. The zero-order valence-electron chi connectivity index (χ0n) is 10.7. The Hall–Kier alpha value is -2.43. The largest absolute Gasteiger partial charge is 0.399 e. The van der Waals surface area contributed by atoms with Crippen molar-refractivity contribution < 1.29 is 9.18 Å². The van der Waals surface area contributed by atoms with Crippen LogP contribution in [0, 0.1) is 19.7 Å². The number of hydrogen-bond donors (Lipinski definition) is 2. The molecule has 0 atom stereocenters. The first-order valence-corrected chi connectivity index (χ1v) is 5.76. The molecule has 0 aliphatic rings. The van der Waals surface area contributed by atoms with Gasteiger partial charge in [0, 0.05) is 17.6 Å². The Morgan fingerprint density at radius 3 is 2.63 bits per heavy atom. The number of nitrogens with one attached hydrogen (secondary N) is 1. The number of nitrogens with two attached hydrogens (primary N) is 1. The Balaban J connectivity index is 2.27. The van der Waals surface area contributed by atoms with Gasteiger partial charge in [0.05, 0.1) is 11.8 Å². The Kier molecular flexibility index (Phi) is 3.46. The molecule has 0 aliphatic carbocycles. The summed E-state index contributed by atoms with van der Waals surface area (Å²) in [6.45, 7) is 3.70. The molecule has 2 rings (SSSR count). The van der Waals surface area contributed by atoms with Crippen molar-refractivity contribution in [3.8, 4) is 0 Å². The maximum absolute atomic E-state index is 13.0. The van der Waals surface area contributed by atoms with Gasteiger partial charge >= 0.3 is 0 Å². The first-order chi connectivity index (χ1) is 8.97. The third-order valence-electron chi connectivity index (χ3n) is 2.83. The second kappa shape index (κ2) is 5.06. The molecule has 4 nitrogen and oxygen atoms in total. The van der Waals surface area contributed by atoms with E-state index in [1.165, 1.54) is 6.20 Å². The summed E-state index contributed by atoms with van der Waals surface area (Å²) in [5.41, 5.74) is 9.00. The molecule has 1 amide bonds. The van der Waals surface area contributed by atoms with Gasteiger partial charge in [-0.1, -0.05) is 0 Å². The summed E-state index contributed by atoms with van der Waals surface area (Å²) in [6, 6.07) is 4.71. The highest BCUT2D eigenvalue weighted by Crippen LogP contribution is 2.22. The Labute approximate surface area is 110 Å². The van der Waals surface area contributed by atoms with Gasteiger partial charge in [-0.05, 0) is 43.2 Å². The van der Waals surface area contributed by atoms with Gasteiger partial charge in [-0.25, -0.2) is 4.39 Å². The molecule has 0 aliphatic heterocycles. The van der Waals surface area contributed by atoms with E-state index in [1.807, 2.05) is 13.8 Å². The number of carbonyl (C=O) groups excluding carboxylic acids is 1. The molecular weight excluding hydrogens is 245 g/mol. The van der Waals surface area contributed by atoms with Crippen LogP contribution in [0.3, 0.4) is 0 Å². The average Bonchev–Trinajstić information content (AvgIpc) is 2.36. The van der Waals surface area contributed by atoms with E-state index >= 15 is 0 Å². The molecule has 0 unspecified atom stereocenters. The number of nitrogens with zero attached hydrogens (tertiary/aromatic N) is 1. The zero-order valence-corrected chi connectivity index (χ0v) is 10.7. The van der Waals surface area contributed by atoms with Gasteiger partial charge in [0.2, 0.25) is 0 Å². The first kappa shape index (κ1) is 13.0. The van der Waals surface area contributed by atoms with E-state index in [4.69, 9.17) is 5.73 Å². The molecule has 0 spiro atoms. The lowest BCUT2D eigenvalue weighted by Gasteiger charge is -2.11. The van der Waals surface area contributed by atoms with Gasteiger partial charge < -0.3 is 11.1 Å². The molecule has 19 heavy (non-hydrogen) atoms. The molecule has 5 heteroatoms. The number of pyridine rings is 1. The van der Waals surface area contributed by atoms with Gasteiger partial charge in [-0.15, -0.1) is 0 Å². The lowest BCUT2D eigenvalue weighted by Crippen LogP contribution is -2.13. The van der Waals surface area contributed by atoms with Crippen LogP contribution in [0.15, 0.2) is 30.6 Å². The molecule has 1 aromatic heterocycles. The molecule has 0 fully saturated rings. The molecule has 0 radical (unpaired) electrons. The fraction of sp³-hybridized carbons (Fsp3) is 0.143. The van der Waals surface area contributed by atoms with E-state index in [1.54, 1.807) is 12.1 Å². The summed E-state index contributed by atoms with van der Waals surface area (Å²) in [5.74, 6) is -0.947. The van der Waals surface area contributed by atoms with E-state index in [-0.39, 0.29) is 5.56 Å². The fourth-order valence-electron chi connectivity index (χ4n) is 1.70. The van der Waals surface area contributed by atoms with Crippen LogP contribution in [0.5, 0.6) is 0 Å². The van der Waals surface area contributed by atoms with Crippen molar-refractivity contribution in [2.75, 3.05) is 11.1 Å². The highest BCUT2D eigenvalue weighted by molar-refractivity contribution is 6.04. The maximum Gasteiger partial charge on any atom is 0.257 e. The van der Waals surface area contributed by atoms with Crippen LogP contribution in [0.4, 0.5) is 15.8 Å². The van der Waals surface area contributed by atoms with Crippen molar-refractivity contribution in [2.24, 2.45) is 0 Å². The number of rotatable bonds is 2. The highest BCUT2D eigenvalue weighted by atomic mass is 19.1. The van der Waals surface area contributed by atoms with E-state index in [2.05, 4.69) is 10.3 Å². The summed E-state index contributed by atoms with van der Waals surface area (Å²) >= 11 is 0. The summed E-state index contributed by atoms with van der Waals surface area (Å²) in [5, 5.41) is 2.72. The average molecular weight is 259 g/mol. The van der Waals surface area contributed by atoms with Gasteiger partial charge in [-0.2, -0.15) is 0 Å². The number of aromatic nitrogens is 1. The van der Waals surface area contributed by atoms with Gasteiger partial charge in [-0.3, -0.25) is 9.78 Å². The number of hydrogen-bond acceptors (Lipinski definition) is 3. The second-order valence-electron chi connectivity index (χ2n) is 4.37. The lowest BCUT2D eigenvalue weighted by molar-refractivity contribution is 0.102. The van der Waals surface area contributed by atoms with Crippen LogP contribution in [0.1, 0.15) is 21.5 Å². The predicted octanol–water partition coefficient (Wildman–Crippen LogP) is 2.67. The van der Waals surface area contributed by atoms with E-state index in [0.717, 1.165) is 23.4 Å². The quantitative estimate of drug-likeness (QED) is 0.815. The van der Waals surface area contributed by atoms with Crippen molar-refractivity contribution in [3.05, 3.63) is 53.1 Å². The minimum Gasteiger partial charge on any atom is -0.399 e. The lowest BCUT2D eigenvalue weighted by atomic mass is 10.1. The van der Waals surface area contributed by atoms with Gasteiger partial charge in [0.15, 0.2) is 0 Å². The van der Waals surface area contributed by atoms with Gasteiger partial charge in [0.25, 0.3) is 5.91 Å². The van der Waals surface area contributed by atoms with E-state index < -0.39 is 11.7 Å². The SMILES string of the molecule is Cc1cc(NC(=O)c2cncc(F)c2)c(C)cc1N. The van der Waals surface area contributed by atoms with Crippen molar-refractivity contribution in [1.82, 2.24) is 4.98 Å². The van der Waals surface area contributed by atoms with E-state index in [0.29, 0.717) is 11.4 Å². The highest BCUT2D eigenvalue weighted by Gasteiger charge is 2.10. The zero-order chi connectivity index (χ0) is 14.0. The maximum atomic E-state index is 13.0. The molecule has 1 heterocycles. The molecule has 3 N–H and O–H groups in total. The summed E-state index contributed by atoms with van der Waals surface area (Å²) < 4.78 is 13.0. The van der Waals surface area contributed by atoms with Crippen LogP contribution in [-0.2, 0) is 0 Å². The van der Waals surface area contributed by atoms with Crippen LogP contribution in [-0.4, -0.2) is 10.9 Å². The number of aryl methyl sites for hydroxylation is 2. The van der Waals surface area contributed by atoms with Crippen molar-refractivity contribution >= 4 is 17.3 Å². The van der Waals surface area contributed by atoms with Crippen LogP contribution >= 0.6 is 0 Å². The number of benzene rings is 1. The van der Waals surface area contributed by atoms with E-state index in [9.17, 15) is 9.18 Å². The third-order valence-corrected chi connectivity index (χ3v) is 2.83. The predicted molar refractivity (Wildman–Crippen MR) is 72.5 cm³/mol. The van der Waals surface area contributed by atoms with Crippen molar-refractivity contribution in [2.45, 2.75) is 13.8 Å².